The maximum absolute atomic E-state index is 12.5. The predicted octanol–water partition coefficient (Wildman–Crippen LogP) is 4.59. The zero-order valence-corrected chi connectivity index (χ0v) is 17.7. The van der Waals surface area contributed by atoms with Crippen LogP contribution in [0.15, 0.2) is 48.2 Å². The number of nitrogens with zero attached hydrogens (tertiary/aromatic N) is 4. The van der Waals surface area contributed by atoms with Crippen molar-refractivity contribution >= 4 is 51.4 Å². The van der Waals surface area contributed by atoms with E-state index in [1.165, 1.54) is 10.9 Å². The second-order valence-corrected chi connectivity index (χ2v) is 7.91. The molecule has 8 nitrogen and oxygen atoms in total. The average Bonchev–Trinajstić information content (AvgIpc) is 3.42. The minimum absolute atomic E-state index is 0.0241. The summed E-state index contributed by atoms with van der Waals surface area (Å²) >= 11 is 13.1. The van der Waals surface area contributed by atoms with Crippen LogP contribution in [0.1, 0.15) is 20.7 Å². The van der Waals surface area contributed by atoms with E-state index < -0.39 is 11.9 Å². The minimum Gasteiger partial charge on any atom is -0.478 e. The smallest absolute Gasteiger partial charge is 0.339 e. The van der Waals surface area contributed by atoms with Gasteiger partial charge in [-0.05, 0) is 24.3 Å². The highest BCUT2D eigenvalue weighted by atomic mass is 35.5. The third kappa shape index (κ3) is 3.70. The Labute approximate surface area is 184 Å². The first-order valence-electron chi connectivity index (χ1n) is 8.49. The summed E-state index contributed by atoms with van der Waals surface area (Å²) in [5, 5.41) is 23.2. The number of carbonyl (C=O) groups is 2. The number of amides is 1. The molecule has 152 valence electrons. The third-order valence-electron chi connectivity index (χ3n) is 4.33. The molecule has 1 amide bonds. The molecule has 0 saturated carbocycles. The molecule has 4 aromatic rings. The largest absolute Gasteiger partial charge is 0.478 e. The molecule has 0 spiro atoms. The van der Waals surface area contributed by atoms with E-state index in [1.807, 2.05) is 0 Å². The number of carbonyl (C=O) groups excluding carboxylic acids is 1. The number of halogens is 2. The lowest BCUT2D eigenvalue weighted by atomic mass is 10.1. The van der Waals surface area contributed by atoms with Crippen molar-refractivity contribution in [1.82, 2.24) is 19.6 Å². The molecular formula is C19H13Cl2N5O3S. The number of nitrogens with one attached hydrogen (secondary N) is 1. The Morgan fingerprint density at radius 1 is 1.13 bits per heavy atom. The van der Waals surface area contributed by atoms with Crippen LogP contribution in [-0.2, 0) is 7.05 Å². The molecule has 3 aromatic heterocycles. The van der Waals surface area contributed by atoms with E-state index in [2.05, 4.69) is 15.5 Å². The lowest BCUT2D eigenvalue weighted by Gasteiger charge is -2.04. The number of anilines is 1. The van der Waals surface area contributed by atoms with Crippen molar-refractivity contribution < 1.29 is 14.7 Å². The molecule has 30 heavy (non-hydrogen) atoms. The Morgan fingerprint density at radius 3 is 2.50 bits per heavy atom. The summed E-state index contributed by atoms with van der Waals surface area (Å²) in [6, 6.07) is 7.08. The van der Waals surface area contributed by atoms with Gasteiger partial charge in [-0.25, -0.2) is 9.48 Å². The van der Waals surface area contributed by atoms with Crippen molar-refractivity contribution in [3.8, 4) is 16.8 Å². The van der Waals surface area contributed by atoms with Crippen molar-refractivity contribution in [3.63, 3.8) is 0 Å². The van der Waals surface area contributed by atoms with E-state index in [-0.39, 0.29) is 21.3 Å². The van der Waals surface area contributed by atoms with Gasteiger partial charge in [-0.15, -0.1) is 11.3 Å². The predicted molar refractivity (Wildman–Crippen MR) is 115 cm³/mol. The van der Waals surface area contributed by atoms with Gasteiger partial charge >= 0.3 is 5.97 Å². The van der Waals surface area contributed by atoms with Crippen molar-refractivity contribution in [1.29, 1.82) is 0 Å². The first-order chi connectivity index (χ1) is 14.3. The lowest BCUT2D eigenvalue weighted by molar-refractivity contribution is 0.0699. The number of carboxylic acid groups (broad SMARTS) is 1. The van der Waals surface area contributed by atoms with Crippen LogP contribution in [0.2, 0.25) is 10.2 Å². The molecule has 4 rings (SSSR count). The molecular weight excluding hydrogens is 449 g/mol. The fraction of sp³-hybridized carbons (Fsp3) is 0.0526. The average molecular weight is 462 g/mol. The second-order valence-electron chi connectivity index (χ2n) is 6.24. The van der Waals surface area contributed by atoms with Crippen molar-refractivity contribution in [3.05, 3.63) is 69.5 Å². The number of aryl methyl sites for hydroxylation is 1. The van der Waals surface area contributed by atoms with Gasteiger partial charge < -0.3 is 10.4 Å². The van der Waals surface area contributed by atoms with E-state index in [0.717, 1.165) is 17.0 Å². The summed E-state index contributed by atoms with van der Waals surface area (Å²) in [6.07, 6.45) is 4.59. The van der Waals surface area contributed by atoms with Crippen molar-refractivity contribution in [2.75, 3.05) is 5.32 Å². The van der Waals surface area contributed by atoms with Gasteiger partial charge in [-0.1, -0.05) is 23.2 Å². The van der Waals surface area contributed by atoms with Gasteiger partial charge in [0.25, 0.3) is 5.91 Å². The van der Waals surface area contributed by atoms with Crippen molar-refractivity contribution in [2.45, 2.75) is 0 Å². The van der Waals surface area contributed by atoms with Gasteiger partial charge in [-0.2, -0.15) is 10.2 Å². The summed E-state index contributed by atoms with van der Waals surface area (Å²) in [5.41, 5.74) is 1.95. The summed E-state index contributed by atoms with van der Waals surface area (Å²) in [4.78, 5) is 24.5. The van der Waals surface area contributed by atoms with Crippen LogP contribution < -0.4 is 5.32 Å². The molecule has 2 N–H and O–H groups in total. The van der Waals surface area contributed by atoms with E-state index in [0.29, 0.717) is 16.1 Å². The number of thiophene rings is 1. The Kier molecular flexibility index (Phi) is 5.33. The van der Waals surface area contributed by atoms with E-state index in [4.69, 9.17) is 23.2 Å². The molecule has 0 atom stereocenters. The number of rotatable bonds is 5. The minimum atomic E-state index is -1.17. The lowest BCUT2D eigenvalue weighted by Crippen LogP contribution is -2.13. The Balaban J connectivity index is 1.66. The molecule has 0 radical (unpaired) electrons. The zero-order chi connectivity index (χ0) is 21.4. The molecule has 0 fully saturated rings. The SMILES string of the molecule is Cn1ncc(C(=O)Nc2scc(-c3cnn(-c4ccc(Cl)cc4)c3)c2C(=O)O)c1Cl. The molecule has 0 unspecified atom stereocenters. The van der Waals surface area contributed by atoms with Gasteiger partial charge in [0.1, 0.15) is 15.7 Å². The summed E-state index contributed by atoms with van der Waals surface area (Å²) in [6.45, 7) is 0. The van der Waals surface area contributed by atoms with Crippen LogP contribution in [-0.4, -0.2) is 36.5 Å². The molecule has 0 aliphatic carbocycles. The Hall–Kier alpha value is -3.14. The van der Waals surface area contributed by atoms with Crippen LogP contribution in [0.3, 0.4) is 0 Å². The number of benzene rings is 1. The van der Waals surface area contributed by atoms with Gasteiger partial charge in [-0.3, -0.25) is 9.48 Å². The van der Waals surface area contributed by atoms with Gasteiger partial charge in [0.05, 0.1) is 23.6 Å². The number of hydrogen-bond donors (Lipinski definition) is 2. The highest BCUT2D eigenvalue weighted by Crippen LogP contribution is 2.36. The fourth-order valence-electron chi connectivity index (χ4n) is 2.82. The maximum atomic E-state index is 12.5. The third-order valence-corrected chi connectivity index (χ3v) is 5.92. The quantitative estimate of drug-likeness (QED) is 0.452. The number of aromatic carboxylic acids is 1. The molecule has 11 heteroatoms. The highest BCUT2D eigenvalue weighted by molar-refractivity contribution is 7.15. The standard InChI is InChI=1S/C19H13Cl2N5O3S/c1-25-16(21)13(7-22-25)17(27)24-18-15(19(28)29)14(9-30-18)10-6-23-26(8-10)12-4-2-11(20)3-5-12/h2-9H,1H3,(H,24,27)(H,28,29). The van der Waals surface area contributed by atoms with Crippen LogP contribution in [0.5, 0.6) is 0 Å². The Morgan fingerprint density at radius 2 is 1.87 bits per heavy atom. The first-order valence-corrected chi connectivity index (χ1v) is 10.1. The van der Waals surface area contributed by atoms with Gasteiger partial charge in [0, 0.05) is 34.8 Å². The zero-order valence-electron chi connectivity index (χ0n) is 15.3. The van der Waals surface area contributed by atoms with Crippen molar-refractivity contribution in [2.24, 2.45) is 7.05 Å². The van der Waals surface area contributed by atoms with Crippen LogP contribution in [0, 0.1) is 0 Å². The number of aromatic nitrogens is 4. The normalized spacial score (nSPS) is 10.9. The monoisotopic (exact) mass is 461 g/mol. The van der Waals surface area contributed by atoms with E-state index >= 15 is 0 Å². The van der Waals surface area contributed by atoms with E-state index in [9.17, 15) is 14.7 Å². The van der Waals surface area contributed by atoms with Crippen LogP contribution in [0.25, 0.3) is 16.8 Å². The van der Waals surface area contributed by atoms with Crippen LogP contribution >= 0.6 is 34.5 Å². The van der Waals surface area contributed by atoms with E-state index in [1.54, 1.807) is 53.8 Å². The van der Waals surface area contributed by atoms with Crippen LogP contribution in [0.4, 0.5) is 5.00 Å². The number of carboxylic acids is 1. The maximum Gasteiger partial charge on any atom is 0.339 e. The topological polar surface area (TPSA) is 102 Å². The highest BCUT2D eigenvalue weighted by Gasteiger charge is 2.24. The molecule has 0 aliphatic rings. The fourth-order valence-corrected chi connectivity index (χ4v) is 4.08. The summed E-state index contributed by atoms with van der Waals surface area (Å²) < 4.78 is 2.96. The number of hydrogen-bond acceptors (Lipinski definition) is 5. The Bertz CT molecular complexity index is 1260. The molecule has 0 saturated heterocycles. The molecule has 0 aliphatic heterocycles. The second kappa shape index (κ2) is 7.94. The summed E-state index contributed by atoms with van der Waals surface area (Å²) in [5.74, 6) is -1.71. The first kappa shape index (κ1) is 20.1. The molecule has 1 aromatic carbocycles. The van der Waals surface area contributed by atoms with Gasteiger partial charge in [0.2, 0.25) is 0 Å². The summed E-state index contributed by atoms with van der Waals surface area (Å²) in [7, 11) is 1.60. The molecule has 3 heterocycles. The van der Waals surface area contributed by atoms with Gasteiger partial charge in [0.15, 0.2) is 0 Å². The molecule has 0 bridgehead atoms.